The van der Waals surface area contributed by atoms with E-state index in [0.717, 1.165) is 24.5 Å². The Morgan fingerprint density at radius 1 is 1.26 bits per heavy atom. The molecule has 0 atom stereocenters. The van der Waals surface area contributed by atoms with Gasteiger partial charge in [0.25, 0.3) is 0 Å². The molecular weight excluding hydrogens is 244 g/mol. The highest BCUT2D eigenvalue weighted by atomic mass is 16.2. The summed E-state index contributed by atoms with van der Waals surface area (Å²) in [6.45, 7) is 4.94. The lowest BCUT2D eigenvalue weighted by molar-refractivity contribution is -0.139. The average molecular weight is 262 g/mol. The largest absolute Gasteiger partial charge is 0.370 e. The summed E-state index contributed by atoms with van der Waals surface area (Å²) in [6.07, 6.45) is 1.60. The predicted molar refractivity (Wildman–Crippen MR) is 70.3 cm³/mol. The van der Waals surface area contributed by atoms with Crippen molar-refractivity contribution >= 4 is 17.6 Å². The first-order chi connectivity index (χ1) is 9.10. The van der Waals surface area contributed by atoms with Crippen LogP contribution in [0.15, 0.2) is 6.07 Å². The van der Waals surface area contributed by atoms with E-state index >= 15 is 0 Å². The Bertz CT molecular complexity index is 485. The molecule has 1 saturated heterocycles. The first kappa shape index (κ1) is 13.5. The van der Waals surface area contributed by atoms with Gasteiger partial charge in [-0.15, -0.1) is 0 Å². The second kappa shape index (κ2) is 5.77. The number of carbonyl (C=O) groups excluding carboxylic acids is 2. The number of aromatic nitrogens is 2. The zero-order chi connectivity index (χ0) is 13.8. The van der Waals surface area contributed by atoms with E-state index in [1.165, 1.54) is 4.90 Å². The molecule has 2 rings (SSSR count). The van der Waals surface area contributed by atoms with Crippen LogP contribution in [-0.4, -0.2) is 33.2 Å². The van der Waals surface area contributed by atoms with Crippen molar-refractivity contribution in [3.63, 3.8) is 0 Å². The summed E-state index contributed by atoms with van der Waals surface area (Å²) >= 11 is 0. The number of carbonyl (C=O) groups is 2. The summed E-state index contributed by atoms with van der Waals surface area (Å²) in [5, 5.41) is 3.18. The first-order valence-corrected chi connectivity index (χ1v) is 6.51. The molecule has 0 radical (unpaired) electrons. The molecule has 1 aromatic heterocycles. The average Bonchev–Trinajstić information content (AvgIpc) is 2.67. The Labute approximate surface area is 112 Å². The van der Waals surface area contributed by atoms with Crippen LogP contribution in [0, 0.1) is 6.92 Å². The Morgan fingerprint density at radius 2 is 1.95 bits per heavy atom. The minimum absolute atomic E-state index is 0.141. The lowest BCUT2D eigenvalue weighted by atomic mass is 10.3. The highest BCUT2D eigenvalue weighted by Gasteiger charge is 2.29. The van der Waals surface area contributed by atoms with Gasteiger partial charge < -0.3 is 5.32 Å². The van der Waals surface area contributed by atoms with Crippen molar-refractivity contribution in [1.82, 2.24) is 14.9 Å². The van der Waals surface area contributed by atoms with Gasteiger partial charge in [-0.25, -0.2) is 9.97 Å². The molecule has 2 amide bonds. The fourth-order valence-corrected chi connectivity index (χ4v) is 1.99. The lowest BCUT2D eigenvalue weighted by Gasteiger charge is -2.14. The van der Waals surface area contributed by atoms with E-state index in [4.69, 9.17) is 0 Å². The van der Waals surface area contributed by atoms with Crippen LogP contribution in [0.25, 0.3) is 0 Å². The number of nitrogens with zero attached hydrogens (tertiary/aromatic N) is 3. The van der Waals surface area contributed by atoms with Crippen LogP contribution in [0.2, 0.25) is 0 Å². The second-order valence-corrected chi connectivity index (χ2v) is 4.61. The van der Waals surface area contributed by atoms with E-state index in [9.17, 15) is 9.59 Å². The molecule has 6 nitrogen and oxygen atoms in total. The van der Waals surface area contributed by atoms with E-state index in [-0.39, 0.29) is 18.4 Å². The summed E-state index contributed by atoms with van der Waals surface area (Å²) in [6, 6.07) is 1.85. The molecule has 0 unspecified atom stereocenters. The van der Waals surface area contributed by atoms with E-state index in [0.29, 0.717) is 18.7 Å². The summed E-state index contributed by atoms with van der Waals surface area (Å²) in [7, 11) is 0. The molecule has 102 valence electrons. The highest BCUT2D eigenvalue weighted by molar-refractivity contribution is 6.01. The fourth-order valence-electron chi connectivity index (χ4n) is 1.99. The van der Waals surface area contributed by atoms with E-state index in [2.05, 4.69) is 22.2 Å². The number of hydrogen-bond acceptors (Lipinski definition) is 5. The van der Waals surface area contributed by atoms with E-state index in [1.807, 2.05) is 13.0 Å². The number of rotatable bonds is 5. The standard InChI is InChI=1S/C13H18N4O2/c1-3-6-14-10-7-9(2)15-11(16-10)8-17-12(18)4-5-13(17)19/h7H,3-6,8H2,1-2H3,(H,14,15,16). The molecule has 0 aromatic carbocycles. The molecular formula is C13H18N4O2. The van der Waals surface area contributed by atoms with Crippen LogP contribution < -0.4 is 5.32 Å². The van der Waals surface area contributed by atoms with Gasteiger partial charge in [0.2, 0.25) is 11.8 Å². The van der Waals surface area contributed by atoms with Gasteiger partial charge in [-0.1, -0.05) is 6.92 Å². The van der Waals surface area contributed by atoms with Crippen molar-refractivity contribution in [3.8, 4) is 0 Å². The third-order valence-electron chi connectivity index (χ3n) is 2.91. The fraction of sp³-hybridized carbons (Fsp3) is 0.538. The maximum atomic E-state index is 11.6. The normalized spacial score (nSPS) is 15.2. The number of hydrogen-bond donors (Lipinski definition) is 1. The lowest BCUT2D eigenvalue weighted by Crippen LogP contribution is -2.29. The van der Waals surface area contributed by atoms with Crippen LogP contribution >= 0.6 is 0 Å². The summed E-state index contributed by atoms with van der Waals surface area (Å²) in [5.41, 5.74) is 0.822. The maximum Gasteiger partial charge on any atom is 0.230 e. The second-order valence-electron chi connectivity index (χ2n) is 4.61. The van der Waals surface area contributed by atoms with Gasteiger partial charge in [-0.3, -0.25) is 14.5 Å². The van der Waals surface area contributed by atoms with Gasteiger partial charge in [-0.05, 0) is 13.3 Å². The molecule has 1 aromatic rings. The molecule has 1 fully saturated rings. The Kier molecular flexibility index (Phi) is 4.09. The third-order valence-corrected chi connectivity index (χ3v) is 2.91. The Hall–Kier alpha value is -1.98. The molecule has 0 saturated carbocycles. The van der Waals surface area contributed by atoms with Crippen molar-refractivity contribution in [2.45, 2.75) is 39.7 Å². The molecule has 19 heavy (non-hydrogen) atoms. The van der Waals surface area contributed by atoms with Crippen LogP contribution in [-0.2, 0) is 16.1 Å². The van der Waals surface area contributed by atoms with Gasteiger partial charge in [0.1, 0.15) is 5.82 Å². The predicted octanol–water partition coefficient (Wildman–Crippen LogP) is 1.26. The van der Waals surface area contributed by atoms with Gasteiger partial charge in [-0.2, -0.15) is 0 Å². The SMILES string of the molecule is CCCNc1cc(C)nc(CN2C(=O)CCC2=O)n1. The zero-order valence-electron chi connectivity index (χ0n) is 11.3. The smallest absolute Gasteiger partial charge is 0.230 e. The summed E-state index contributed by atoms with van der Waals surface area (Å²) in [4.78, 5) is 33.0. The molecule has 2 heterocycles. The number of anilines is 1. The topological polar surface area (TPSA) is 75.2 Å². The number of imide groups is 1. The third kappa shape index (κ3) is 3.27. The maximum absolute atomic E-state index is 11.6. The quantitative estimate of drug-likeness (QED) is 0.808. The number of likely N-dealkylation sites (tertiary alicyclic amines) is 1. The van der Waals surface area contributed by atoms with Crippen molar-refractivity contribution in [2.75, 3.05) is 11.9 Å². The van der Waals surface area contributed by atoms with Crippen LogP contribution in [0.4, 0.5) is 5.82 Å². The molecule has 0 spiro atoms. The van der Waals surface area contributed by atoms with Gasteiger partial charge >= 0.3 is 0 Å². The minimum Gasteiger partial charge on any atom is -0.370 e. The van der Waals surface area contributed by atoms with E-state index in [1.54, 1.807) is 0 Å². The number of nitrogens with one attached hydrogen (secondary N) is 1. The summed E-state index contributed by atoms with van der Waals surface area (Å²) < 4.78 is 0. The molecule has 1 aliphatic heterocycles. The van der Waals surface area contributed by atoms with Crippen LogP contribution in [0.5, 0.6) is 0 Å². The Morgan fingerprint density at radius 3 is 2.58 bits per heavy atom. The molecule has 1 aliphatic rings. The van der Waals surface area contributed by atoms with Crippen molar-refractivity contribution in [3.05, 3.63) is 17.6 Å². The number of amides is 2. The first-order valence-electron chi connectivity index (χ1n) is 6.51. The van der Waals surface area contributed by atoms with Gasteiger partial charge in [0.05, 0.1) is 6.54 Å². The van der Waals surface area contributed by atoms with E-state index < -0.39 is 0 Å². The van der Waals surface area contributed by atoms with Gasteiger partial charge in [0.15, 0.2) is 5.82 Å². The zero-order valence-corrected chi connectivity index (χ0v) is 11.3. The van der Waals surface area contributed by atoms with Crippen molar-refractivity contribution in [1.29, 1.82) is 0 Å². The van der Waals surface area contributed by atoms with Crippen molar-refractivity contribution in [2.24, 2.45) is 0 Å². The van der Waals surface area contributed by atoms with Gasteiger partial charge in [0, 0.05) is 31.1 Å². The minimum atomic E-state index is -0.141. The van der Waals surface area contributed by atoms with Crippen molar-refractivity contribution < 1.29 is 9.59 Å². The highest BCUT2D eigenvalue weighted by Crippen LogP contribution is 2.15. The number of aryl methyl sites for hydroxylation is 1. The summed E-state index contributed by atoms with van der Waals surface area (Å²) in [5.74, 6) is 0.960. The Balaban J connectivity index is 2.13. The molecule has 0 bridgehead atoms. The molecule has 6 heteroatoms. The molecule has 1 N–H and O–H groups in total. The van der Waals surface area contributed by atoms with Crippen LogP contribution in [0.1, 0.15) is 37.7 Å². The van der Waals surface area contributed by atoms with Crippen LogP contribution in [0.3, 0.4) is 0 Å². The monoisotopic (exact) mass is 262 g/mol. The molecule has 0 aliphatic carbocycles.